The minimum absolute atomic E-state index is 0.0690. The maximum absolute atomic E-state index is 13.6. The monoisotopic (exact) mass is 304 g/mol. The summed E-state index contributed by atoms with van der Waals surface area (Å²) in [6.07, 6.45) is 3.58. The standard InChI is InChI=1S/C15H14F2N4O/c16-10-4-3-5-11(17)13(10)20-14(22)12-6-7-18-15(19-12)21-8-1-2-9-21/h3-7H,1-2,8-9H2,(H,20,22). The van der Waals surface area contributed by atoms with Crippen molar-refractivity contribution in [1.82, 2.24) is 9.97 Å². The van der Waals surface area contributed by atoms with Crippen LogP contribution >= 0.6 is 0 Å². The molecule has 0 aliphatic carbocycles. The van der Waals surface area contributed by atoms with Gasteiger partial charge in [0.05, 0.1) is 0 Å². The Hall–Kier alpha value is -2.57. The predicted octanol–water partition coefficient (Wildman–Crippen LogP) is 2.61. The van der Waals surface area contributed by atoms with Crippen LogP contribution < -0.4 is 10.2 Å². The first-order chi connectivity index (χ1) is 10.6. The van der Waals surface area contributed by atoms with Gasteiger partial charge in [0.1, 0.15) is 23.0 Å². The van der Waals surface area contributed by atoms with Crippen LogP contribution in [0, 0.1) is 11.6 Å². The zero-order valence-electron chi connectivity index (χ0n) is 11.7. The van der Waals surface area contributed by atoms with E-state index in [0.29, 0.717) is 5.95 Å². The molecule has 114 valence electrons. The highest BCUT2D eigenvalue weighted by Crippen LogP contribution is 2.19. The quantitative estimate of drug-likeness (QED) is 0.947. The SMILES string of the molecule is O=C(Nc1c(F)cccc1F)c1ccnc(N2CCCC2)n1. The minimum atomic E-state index is -0.831. The molecule has 5 nitrogen and oxygen atoms in total. The van der Waals surface area contributed by atoms with Crippen molar-refractivity contribution < 1.29 is 13.6 Å². The van der Waals surface area contributed by atoms with Crippen molar-refractivity contribution in [3.8, 4) is 0 Å². The first-order valence-electron chi connectivity index (χ1n) is 6.98. The van der Waals surface area contributed by atoms with E-state index in [-0.39, 0.29) is 5.69 Å². The second kappa shape index (κ2) is 6.05. The first-order valence-corrected chi connectivity index (χ1v) is 6.98. The van der Waals surface area contributed by atoms with Gasteiger partial charge < -0.3 is 10.2 Å². The van der Waals surface area contributed by atoms with Crippen LogP contribution in [0.25, 0.3) is 0 Å². The van der Waals surface area contributed by atoms with Crippen LogP contribution in [0.4, 0.5) is 20.4 Å². The summed E-state index contributed by atoms with van der Waals surface area (Å²) in [6.45, 7) is 1.68. The van der Waals surface area contributed by atoms with Crippen LogP contribution in [0.5, 0.6) is 0 Å². The zero-order valence-corrected chi connectivity index (χ0v) is 11.7. The molecular formula is C15H14F2N4O. The number of carbonyl (C=O) groups is 1. The lowest BCUT2D eigenvalue weighted by atomic mass is 10.2. The molecule has 0 saturated carbocycles. The normalized spacial score (nSPS) is 14.2. The Labute approximate surface area is 126 Å². The summed E-state index contributed by atoms with van der Waals surface area (Å²) >= 11 is 0. The molecule has 1 saturated heterocycles. The summed E-state index contributed by atoms with van der Waals surface area (Å²) in [5.74, 6) is -1.88. The highest BCUT2D eigenvalue weighted by atomic mass is 19.1. The van der Waals surface area contributed by atoms with Crippen molar-refractivity contribution in [3.63, 3.8) is 0 Å². The number of hydrogen-bond acceptors (Lipinski definition) is 4. The van der Waals surface area contributed by atoms with E-state index < -0.39 is 23.2 Å². The van der Waals surface area contributed by atoms with Crippen molar-refractivity contribution >= 4 is 17.5 Å². The zero-order chi connectivity index (χ0) is 15.5. The molecule has 0 bridgehead atoms. The Bertz CT molecular complexity index is 681. The van der Waals surface area contributed by atoms with Crippen molar-refractivity contribution in [3.05, 3.63) is 47.8 Å². The van der Waals surface area contributed by atoms with Crippen LogP contribution in [0.2, 0.25) is 0 Å². The minimum Gasteiger partial charge on any atom is -0.341 e. The Morgan fingerprint density at radius 1 is 1.14 bits per heavy atom. The summed E-state index contributed by atoms with van der Waals surface area (Å²) in [6, 6.07) is 4.80. The molecule has 1 N–H and O–H groups in total. The Morgan fingerprint density at radius 2 is 1.82 bits per heavy atom. The molecule has 0 spiro atoms. The number of amides is 1. The summed E-state index contributed by atoms with van der Waals surface area (Å²) < 4.78 is 27.1. The number of rotatable bonds is 3. The van der Waals surface area contributed by atoms with Gasteiger partial charge >= 0.3 is 0 Å². The summed E-state index contributed by atoms with van der Waals surface area (Å²) in [5, 5.41) is 2.21. The number of aromatic nitrogens is 2. The first kappa shape index (κ1) is 14.4. The Morgan fingerprint density at radius 3 is 2.50 bits per heavy atom. The van der Waals surface area contributed by atoms with Gasteiger partial charge in [-0.3, -0.25) is 4.79 Å². The molecule has 0 radical (unpaired) electrons. The third-order valence-electron chi connectivity index (χ3n) is 3.47. The van der Waals surface area contributed by atoms with E-state index in [1.807, 2.05) is 4.90 Å². The lowest BCUT2D eigenvalue weighted by Crippen LogP contribution is -2.23. The van der Waals surface area contributed by atoms with Gasteiger partial charge in [0.15, 0.2) is 0 Å². The summed E-state index contributed by atoms with van der Waals surface area (Å²) in [4.78, 5) is 22.4. The van der Waals surface area contributed by atoms with Crippen LogP contribution in [0.1, 0.15) is 23.3 Å². The molecular weight excluding hydrogens is 290 g/mol. The molecule has 2 aromatic rings. The molecule has 1 aliphatic heterocycles. The predicted molar refractivity (Wildman–Crippen MR) is 77.8 cm³/mol. The van der Waals surface area contributed by atoms with Gasteiger partial charge in [-0.15, -0.1) is 0 Å². The van der Waals surface area contributed by atoms with E-state index in [2.05, 4.69) is 15.3 Å². The largest absolute Gasteiger partial charge is 0.341 e. The molecule has 22 heavy (non-hydrogen) atoms. The molecule has 2 heterocycles. The number of halogens is 2. The van der Waals surface area contributed by atoms with E-state index in [0.717, 1.165) is 38.1 Å². The Balaban J connectivity index is 1.82. The summed E-state index contributed by atoms with van der Waals surface area (Å²) in [7, 11) is 0. The molecule has 3 rings (SSSR count). The molecule has 1 aliphatic rings. The van der Waals surface area contributed by atoms with E-state index in [9.17, 15) is 13.6 Å². The molecule has 1 aromatic heterocycles. The van der Waals surface area contributed by atoms with E-state index in [1.54, 1.807) is 0 Å². The van der Waals surface area contributed by atoms with Gasteiger partial charge in [-0.05, 0) is 31.0 Å². The van der Waals surface area contributed by atoms with Gasteiger partial charge in [-0.2, -0.15) is 0 Å². The van der Waals surface area contributed by atoms with Crippen molar-refractivity contribution in [1.29, 1.82) is 0 Å². The fraction of sp³-hybridized carbons (Fsp3) is 0.267. The average Bonchev–Trinajstić information content (AvgIpc) is 3.05. The van der Waals surface area contributed by atoms with Gasteiger partial charge in [0, 0.05) is 19.3 Å². The second-order valence-electron chi connectivity index (χ2n) is 4.99. The highest BCUT2D eigenvalue weighted by molar-refractivity contribution is 6.03. The number of carbonyl (C=O) groups excluding carboxylic acids is 1. The highest BCUT2D eigenvalue weighted by Gasteiger charge is 2.18. The maximum Gasteiger partial charge on any atom is 0.274 e. The van der Waals surface area contributed by atoms with Crippen molar-refractivity contribution in [2.45, 2.75) is 12.8 Å². The fourth-order valence-corrected chi connectivity index (χ4v) is 2.34. The Kier molecular flexibility index (Phi) is 3.95. The molecule has 0 unspecified atom stereocenters. The van der Waals surface area contributed by atoms with Gasteiger partial charge in [-0.25, -0.2) is 18.7 Å². The van der Waals surface area contributed by atoms with Crippen LogP contribution in [-0.4, -0.2) is 29.0 Å². The fourth-order valence-electron chi connectivity index (χ4n) is 2.34. The number of hydrogen-bond donors (Lipinski definition) is 1. The van der Waals surface area contributed by atoms with Gasteiger partial charge in [0.2, 0.25) is 5.95 Å². The lowest BCUT2D eigenvalue weighted by molar-refractivity contribution is 0.102. The van der Waals surface area contributed by atoms with E-state index in [4.69, 9.17) is 0 Å². The van der Waals surface area contributed by atoms with Crippen LogP contribution in [-0.2, 0) is 0 Å². The maximum atomic E-state index is 13.6. The molecule has 1 amide bonds. The number of nitrogens with zero attached hydrogens (tertiary/aromatic N) is 3. The van der Waals surface area contributed by atoms with E-state index in [1.165, 1.54) is 18.3 Å². The third kappa shape index (κ3) is 2.88. The molecule has 0 atom stereocenters. The van der Waals surface area contributed by atoms with E-state index >= 15 is 0 Å². The smallest absolute Gasteiger partial charge is 0.274 e. The van der Waals surface area contributed by atoms with Crippen molar-refractivity contribution in [2.24, 2.45) is 0 Å². The van der Waals surface area contributed by atoms with Gasteiger partial charge in [0.25, 0.3) is 5.91 Å². The third-order valence-corrected chi connectivity index (χ3v) is 3.47. The van der Waals surface area contributed by atoms with Gasteiger partial charge in [-0.1, -0.05) is 6.07 Å². The number of nitrogens with one attached hydrogen (secondary N) is 1. The van der Waals surface area contributed by atoms with Crippen LogP contribution in [0.15, 0.2) is 30.5 Å². The second-order valence-corrected chi connectivity index (χ2v) is 4.99. The molecule has 1 fully saturated rings. The topological polar surface area (TPSA) is 58.1 Å². The number of anilines is 2. The average molecular weight is 304 g/mol. The lowest BCUT2D eigenvalue weighted by Gasteiger charge is -2.15. The number of benzene rings is 1. The molecule has 7 heteroatoms. The molecule has 1 aromatic carbocycles. The van der Waals surface area contributed by atoms with Crippen molar-refractivity contribution in [2.75, 3.05) is 23.3 Å². The van der Waals surface area contributed by atoms with Crippen LogP contribution in [0.3, 0.4) is 0 Å². The summed E-state index contributed by atoms with van der Waals surface area (Å²) in [5.41, 5.74) is -0.409. The number of para-hydroxylation sites is 1.